The summed E-state index contributed by atoms with van der Waals surface area (Å²) in [4.78, 5) is 37.9. The summed E-state index contributed by atoms with van der Waals surface area (Å²) in [5.74, 6) is -0.639. The van der Waals surface area contributed by atoms with Crippen LogP contribution in [0.25, 0.3) is 0 Å². The first-order chi connectivity index (χ1) is 12.0. The van der Waals surface area contributed by atoms with Gasteiger partial charge in [-0.05, 0) is 49.4 Å². The smallest absolute Gasteiger partial charge is 0.269 e. The first-order valence-corrected chi connectivity index (χ1v) is 9.37. The molecule has 2 rings (SSSR count). The third kappa shape index (κ3) is 6.49. The molecule has 1 atom stereocenters. The molecule has 1 fully saturated rings. The SMILES string of the molecule is CC(CC(=O)NNC(=O)c1ccc(Br)cc1)CC(=O)N1CCCCC1. The van der Waals surface area contributed by atoms with Gasteiger partial charge >= 0.3 is 0 Å². The molecule has 0 aromatic heterocycles. The highest BCUT2D eigenvalue weighted by Crippen LogP contribution is 2.14. The molecule has 7 heteroatoms. The van der Waals surface area contributed by atoms with Crippen LogP contribution in [0.1, 0.15) is 49.4 Å². The van der Waals surface area contributed by atoms with Gasteiger partial charge in [-0.15, -0.1) is 0 Å². The number of hydrogen-bond donors (Lipinski definition) is 2. The molecule has 2 N–H and O–H groups in total. The molecule has 1 aliphatic heterocycles. The van der Waals surface area contributed by atoms with Crippen molar-refractivity contribution in [1.29, 1.82) is 0 Å². The second kappa shape index (κ2) is 9.56. The zero-order chi connectivity index (χ0) is 18.2. The van der Waals surface area contributed by atoms with Gasteiger partial charge in [0.1, 0.15) is 0 Å². The monoisotopic (exact) mass is 409 g/mol. The van der Waals surface area contributed by atoms with Gasteiger partial charge in [0.25, 0.3) is 5.91 Å². The average molecular weight is 410 g/mol. The van der Waals surface area contributed by atoms with Crippen LogP contribution in [-0.2, 0) is 9.59 Å². The summed E-state index contributed by atoms with van der Waals surface area (Å²) < 4.78 is 0.875. The Bertz CT molecular complexity index is 612. The van der Waals surface area contributed by atoms with E-state index in [0.717, 1.165) is 30.4 Å². The quantitative estimate of drug-likeness (QED) is 0.733. The lowest BCUT2D eigenvalue weighted by molar-refractivity contribution is -0.133. The molecule has 0 aliphatic carbocycles. The fraction of sp³-hybridized carbons (Fsp3) is 0.500. The van der Waals surface area contributed by atoms with Crippen LogP contribution >= 0.6 is 15.9 Å². The predicted molar refractivity (Wildman–Crippen MR) is 98.6 cm³/mol. The van der Waals surface area contributed by atoms with Crippen LogP contribution in [0.5, 0.6) is 0 Å². The Balaban J connectivity index is 1.70. The number of carbonyl (C=O) groups is 3. The van der Waals surface area contributed by atoms with Crippen molar-refractivity contribution in [3.8, 4) is 0 Å². The molecule has 1 heterocycles. The van der Waals surface area contributed by atoms with Crippen molar-refractivity contribution in [2.75, 3.05) is 13.1 Å². The van der Waals surface area contributed by atoms with Gasteiger partial charge in [-0.2, -0.15) is 0 Å². The van der Waals surface area contributed by atoms with Gasteiger partial charge in [-0.1, -0.05) is 22.9 Å². The number of nitrogens with one attached hydrogen (secondary N) is 2. The van der Waals surface area contributed by atoms with E-state index in [0.29, 0.717) is 12.0 Å². The maximum Gasteiger partial charge on any atom is 0.269 e. The Morgan fingerprint density at radius 1 is 1.04 bits per heavy atom. The van der Waals surface area contributed by atoms with E-state index in [9.17, 15) is 14.4 Å². The molecule has 1 aromatic carbocycles. The molecule has 136 valence electrons. The second-order valence-electron chi connectivity index (χ2n) is 6.46. The largest absolute Gasteiger partial charge is 0.343 e. The molecule has 25 heavy (non-hydrogen) atoms. The summed E-state index contributed by atoms with van der Waals surface area (Å²) in [6.07, 6.45) is 3.85. The van der Waals surface area contributed by atoms with Crippen LogP contribution in [0.3, 0.4) is 0 Å². The Kier molecular flexibility index (Phi) is 7.43. The fourth-order valence-electron chi connectivity index (χ4n) is 2.81. The van der Waals surface area contributed by atoms with Crippen LogP contribution in [0, 0.1) is 5.92 Å². The molecule has 0 spiro atoms. The molecule has 1 unspecified atom stereocenters. The maximum absolute atomic E-state index is 12.2. The van der Waals surface area contributed by atoms with Gasteiger partial charge in [0.05, 0.1) is 0 Å². The molecule has 1 saturated heterocycles. The number of nitrogens with zero attached hydrogens (tertiary/aromatic N) is 1. The van der Waals surface area contributed by atoms with E-state index in [1.54, 1.807) is 24.3 Å². The zero-order valence-electron chi connectivity index (χ0n) is 14.4. The molecule has 0 radical (unpaired) electrons. The van der Waals surface area contributed by atoms with Crippen LogP contribution < -0.4 is 10.9 Å². The predicted octanol–water partition coefficient (Wildman–Crippen LogP) is 2.64. The van der Waals surface area contributed by atoms with Gasteiger partial charge in [0.15, 0.2) is 0 Å². The van der Waals surface area contributed by atoms with Crippen LogP contribution in [-0.4, -0.2) is 35.7 Å². The standard InChI is InChI=1S/C18H24BrN3O3/c1-13(12-17(24)22-9-3-2-4-10-22)11-16(23)20-21-18(25)14-5-7-15(19)8-6-14/h5-8,13H,2-4,9-12H2,1H3,(H,20,23)(H,21,25). The van der Waals surface area contributed by atoms with Crippen molar-refractivity contribution in [3.63, 3.8) is 0 Å². The number of halogens is 1. The lowest BCUT2D eigenvalue weighted by atomic mass is 10.0. The van der Waals surface area contributed by atoms with Gasteiger partial charge in [0, 0.05) is 36.0 Å². The highest BCUT2D eigenvalue weighted by Gasteiger charge is 2.20. The average Bonchev–Trinajstić information content (AvgIpc) is 2.61. The summed E-state index contributed by atoms with van der Waals surface area (Å²) >= 11 is 3.30. The fourth-order valence-corrected chi connectivity index (χ4v) is 3.07. The number of carbonyl (C=O) groups excluding carboxylic acids is 3. The summed E-state index contributed by atoms with van der Waals surface area (Å²) in [7, 11) is 0. The number of hydrazine groups is 1. The Labute approximate surface area is 156 Å². The molecule has 0 saturated carbocycles. The van der Waals surface area contributed by atoms with Crippen molar-refractivity contribution in [2.45, 2.75) is 39.0 Å². The molecule has 6 nitrogen and oxygen atoms in total. The molecule has 1 aromatic rings. The van der Waals surface area contributed by atoms with E-state index in [4.69, 9.17) is 0 Å². The first-order valence-electron chi connectivity index (χ1n) is 8.58. The minimum atomic E-state index is -0.377. The number of amides is 3. The van der Waals surface area contributed by atoms with Crippen molar-refractivity contribution in [1.82, 2.24) is 15.8 Å². The van der Waals surface area contributed by atoms with Gasteiger partial charge < -0.3 is 4.90 Å². The van der Waals surface area contributed by atoms with Crippen molar-refractivity contribution >= 4 is 33.7 Å². The number of benzene rings is 1. The third-order valence-corrected chi connectivity index (χ3v) is 4.72. The van der Waals surface area contributed by atoms with E-state index in [-0.39, 0.29) is 30.1 Å². The van der Waals surface area contributed by atoms with E-state index >= 15 is 0 Å². The van der Waals surface area contributed by atoms with Gasteiger partial charge in [0.2, 0.25) is 11.8 Å². The summed E-state index contributed by atoms with van der Waals surface area (Å²) in [5.41, 5.74) is 5.25. The van der Waals surface area contributed by atoms with Crippen LogP contribution in [0.4, 0.5) is 0 Å². The third-order valence-electron chi connectivity index (χ3n) is 4.19. The summed E-state index contributed by atoms with van der Waals surface area (Å²) in [5, 5.41) is 0. The van der Waals surface area contributed by atoms with E-state index in [1.807, 2.05) is 11.8 Å². The Hall–Kier alpha value is -1.89. The van der Waals surface area contributed by atoms with Gasteiger partial charge in [-0.3, -0.25) is 25.2 Å². The van der Waals surface area contributed by atoms with Gasteiger partial charge in [-0.25, -0.2) is 0 Å². The number of hydrogen-bond acceptors (Lipinski definition) is 3. The summed E-state index contributed by atoms with van der Waals surface area (Å²) in [6, 6.07) is 6.83. The minimum absolute atomic E-state index is 0.0704. The van der Waals surface area contributed by atoms with Crippen molar-refractivity contribution in [2.24, 2.45) is 5.92 Å². The van der Waals surface area contributed by atoms with E-state index in [2.05, 4.69) is 26.8 Å². The maximum atomic E-state index is 12.2. The number of likely N-dealkylation sites (tertiary alicyclic amines) is 1. The molecule has 3 amide bonds. The highest BCUT2D eigenvalue weighted by atomic mass is 79.9. The molecule has 1 aliphatic rings. The van der Waals surface area contributed by atoms with Crippen molar-refractivity contribution < 1.29 is 14.4 Å². The van der Waals surface area contributed by atoms with Crippen molar-refractivity contribution in [3.05, 3.63) is 34.3 Å². The topological polar surface area (TPSA) is 78.5 Å². The van der Waals surface area contributed by atoms with E-state index in [1.165, 1.54) is 6.42 Å². The van der Waals surface area contributed by atoms with Crippen LogP contribution in [0.2, 0.25) is 0 Å². The normalized spacial score (nSPS) is 15.4. The molecule has 0 bridgehead atoms. The number of rotatable bonds is 5. The lowest BCUT2D eigenvalue weighted by Crippen LogP contribution is -2.42. The zero-order valence-corrected chi connectivity index (χ0v) is 16.0. The van der Waals surface area contributed by atoms with Crippen LogP contribution in [0.15, 0.2) is 28.7 Å². The highest BCUT2D eigenvalue weighted by molar-refractivity contribution is 9.10. The minimum Gasteiger partial charge on any atom is -0.343 e. The number of piperidine rings is 1. The van der Waals surface area contributed by atoms with E-state index < -0.39 is 0 Å². The Morgan fingerprint density at radius 3 is 2.32 bits per heavy atom. The second-order valence-corrected chi connectivity index (χ2v) is 7.38. The Morgan fingerprint density at radius 2 is 1.68 bits per heavy atom. The first kappa shape index (κ1) is 19.4. The molecular formula is C18H24BrN3O3. The molecular weight excluding hydrogens is 386 g/mol. The lowest BCUT2D eigenvalue weighted by Gasteiger charge is -2.27. The summed E-state index contributed by atoms with van der Waals surface area (Å²) in [6.45, 7) is 3.51.